The zero-order valence-electron chi connectivity index (χ0n) is 21.1. The smallest absolute Gasteiger partial charge is 0.253 e. The lowest BCUT2D eigenvalue weighted by atomic mass is 10.0. The molecule has 3 aliphatic rings. The average Bonchev–Trinajstić information content (AvgIpc) is 3.68. The zero-order chi connectivity index (χ0) is 25.2. The first-order chi connectivity index (χ1) is 18.1. The maximum atomic E-state index is 13.2. The maximum absolute atomic E-state index is 13.2. The molecule has 0 spiro atoms. The zero-order valence-corrected chi connectivity index (χ0v) is 21.1. The van der Waals surface area contributed by atoms with Crippen molar-refractivity contribution in [2.75, 3.05) is 45.9 Å². The van der Waals surface area contributed by atoms with E-state index >= 15 is 0 Å². The van der Waals surface area contributed by atoms with Crippen molar-refractivity contribution in [1.82, 2.24) is 20.1 Å². The molecule has 3 saturated heterocycles. The van der Waals surface area contributed by atoms with Crippen LogP contribution in [0.3, 0.4) is 0 Å². The molecule has 0 bridgehead atoms. The molecule has 3 aromatic rings. The van der Waals surface area contributed by atoms with Crippen LogP contribution < -0.4 is 5.32 Å². The number of likely N-dealkylation sites (tertiary alicyclic amines) is 2. The van der Waals surface area contributed by atoms with Gasteiger partial charge >= 0.3 is 0 Å². The minimum Gasteiger partial charge on any atom is -0.381 e. The second-order valence-corrected chi connectivity index (χ2v) is 10.7. The molecular formula is C30H34N4O3. The van der Waals surface area contributed by atoms with E-state index in [1.165, 1.54) is 0 Å². The Hall–Kier alpha value is -3.29. The normalized spacial score (nSPS) is 24.3. The number of carbonyl (C=O) groups is 2. The highest BCUT2D eigenvalue weighted by atomic mass is 16.5. The molecule has 1 N–H and O–H groups in total. The Morgan fingerprint density at radius 2 is 1.81 bits per heavy atom. The number of hydrogen-bond acceptors (Lipinski definition) is 5. The van der Waals surface area contributed by atoms with Gasteiger partial charge in [-0.15, -0.1) is 0 Å². The number of rotatable bonds is 7. The average molecular weight is 499 g/mol. The van der Waals surface area contributed by atoms with Gasteiger partial charge in [0.25, 0.3) is 5.91 Å². The number of amides is 2. The van der Waals surface area contributed by atoms with Crippen molar-refractivity contribution in [3.63, 3.8) is 0 Å². The van der Waals surface area contributed by atoms with Gasteiger partial charge in [-0.2, -0.15) is 0 Å². The highest BCUT2D eigenvalue weighted by Gasteiger charge is 2.41. The maximum Gasteiger partial charge on any atom is 0.253 e. The molecule has 2 amide bonds. The second-order valence-electron chi connectivity index (χ2n) is 10.7. The predicted molar refractivity (Wildman–Crippen MR) is 142 cm³/mol. The van der Waals surface area contributed by atoms with Gasteiger partial charge in [0.05, 0.1) is 18.6 Å². The van der Waals surface area contributed by atoms with E-state index < -0.39 is 0 Å². The number of pyridine rings is 1. The summed E-state index contributed by atoms with van der Waals surface area (Å²) in [5.41, 5.74) is 1.89. The molecule has 0 aliphatic carbocycles. The number of nitrogens with one attached hydrogen (secondary N) is 1. The summed E-state index contributed by atoms with van der Waals surface area (Å²) in [6.07, 6.45) is 5.26. The van der Waals surface area contributed by atoms with Crippen molar-refractivity contribution < 1.29 is 14.3 Å². The molecule has 37 heavy (non-hydrogen) atoms. The van der Waals surface area contributed by atoms with Crippen LogP contribution in [0.25, 0.3) is 10.8 Å². The third-order valence-electron chi connectivity index (χ3n) is 8.29. The fourth-order valence-corrected chi connectivity index (χ4v) is 6.19. The molecule has 192 valence electrons. The lowest BCUT2D eigenvalue weighted by Gasteiger charge is -2.25. The summed E-state index contributed by atoms with van der Waals surface area (Å²) < 4.78 is 5.42. The highest BCUT2D eigenvalue weighted by molar-refractivity contribution is 5.98. The number of hydrogen-bond donors (Lipinski definition) is 1. The van der Waals surface area contributed by atoms with E-state index in [9.17, 15) is 9.59 Å². The first-order valence-electron chi connectivity index (χ1n) is 13.4. The molecule has 3 fully saturated rings. The van der Waals surface area contributed by atoms with Crippen molar-refractivity contribution in [2.24, 2.45) is 17.8 Å². The van der Waals surface area contributed by atoms with E-state index in [-0.39, 0.29) is 23.8 Å². The van der Waals surface area contributed by atoms with Crippen LogP contribution in [0.15, 0.2) is 67.0 Å². The van der Waals surface area contributed by atoms with Gasteiger partial charge < -0.3 is 19.9 Å². The van der Waals surface area contributed by atoms with Crippen LogP contribution in [-0.4, -0.2) is 72.5 Å². The first kappa shape index (κ1) is 24.1. The number of nitrogens with zero attached hydrogens (tertiary/aromatic N) is 3. The minimum absolute atomic E-state index is 0.00444. The van der Waals surface area contributed by atoms with Gasteiger partial charge in [0.1, 0.15) is 0 Å². The fourth-order valence-electron chi connectivity index (χ4n) is 6.19. The Bertz CT molecular complexity index is 1250. The van der Waals surface area contributed by atoms with Crippen molar-refractivity contribution in [1.29, 1.82) is 0 Å². The topological polar surface area (TPSA) is 74.8 Å². The van der Waals surface area contributed by atoms with E-state index in [0.29, 0.717) is 25.0 Å². The van der Waals surface area contributed by atoms with Crippen molar-refractivity contribution in [3.05, 3.63) is 78.1 Å². The number of ether oxygens (including phenoxy) is 1. The molecule has 1 aromatic heterocycles. The lowest BCUT2D eigenvalue weighted by molar-refractivity contribution is -0.125. The van der Waals surface area contributed by atoms with E-state index in [0.717, 1.165) is 67.5 Å². The molecule has 4 atom stereocenters. The van der Waals surface area contributed by atoms with Crippen LogP contribution in [0.5, 0.6) is 0 Å². The Morgan fingerprint density at radius 3 is 2.57 bits per heavy atom. The highest BCUT2D eigenvalue weighted by Crippen LogP contribution is 2.33. The van der Waals surface area contributed by atoms with Gasteiger partial charge in [0.15, 0.2) is 0 Å². The van der Waals surface area contributed by atoms with Crippen LogP contribution in [0, 0.1) is 17.8 Å². The van der Waals surface area contributed by atoms with Gasteiger partial charge in [-0.3, -0.25) is 14.6 Å². The summed E-state index contributed by atoms with van der Waals surface area (Å²) >= 11 is 0. The minimum atomic E-state index is -0.0419. The van der Waals surface area contributed by atoms with E-state index in [1.807, 2.05) is 53.6 Å². The van der Waals surface area contributed by atoms with Crippen LogP contribution in [0.4, 0.5) is 0 Å². The predicted octanol–water partition coefficient (Wildman–Crippen LogP) is 3.52. The van der Waals surface area contributed by atoms with Crippen LogP contribution in [-0.2, 0) is 9.53 Å². The molecule has 2 aromatic carbocycles. The van der Waals surface area contributed by atoms with Crippen LogP contribution in [0.1, 0.15) is 34.8 Å². The first-order valence-corrected chi connectivity index (χ1v) is 13.4. The number of aromatic nitrogens is 1. The van der Waals surface area contributed by atoms with E-state index in [1.54, 1.807) is 6.20 Å². The molecule has 0 radical (unpaired) electrons. The molecule has 7 heteroatoms. The van der Waals surface area contributed by atoms with E-state index in [4.69, 9.17) is 4.74 Å². The molecular weight excluding hydrogens is 464 g/mol. The largest absolute Gasteiger partial charge is 0.381 e. The molecule has 6 rings (SSSR count). The summed E-state index contributed by atoms with van der Waals surface area (Å²) in [7, 11) is 0. The van der Waals surface area contributed by atoms with Gasteiger partial charge in [-0.25, -0.2) is 0 Å². The summed E-state index contributed by atoms with van der Waals surface area (Å²) in [4.78, 5) is 34.8. The van der Waals surface area contributed by atoms with Gasteiger partial charge in [-0.1, -0.05) is 36.4 Å². The number of benzene rings is 2. The Kier molecular flexibility index (Phi) is 6.89. The third kappa shape index (κ3) is 5.24. The fraction of sp³-hybridized carbons (Fsp3) is 0.433. The Balaban J connectivity index is 1.04. The molecule has 3 aliphatic heterocycles. The number of fused-ring (bicyclic) bond motifs is 2. The Labute approximate surface area is 217 Å². The van der Waals surface area contributed by atoms with Crippen molar-refractivity contribution in [3.8, 4) is 0 Å². The lowest BCUT2D eigenvalue weighted by Crippen LogP contribution is -2.37. The standard InChI is InChI=1S/C30H34N4O3/c35-29(24-10-13-37-20-24)32-28(22-4-2-1-3-5-22)9-12-33-16-26-18-34(19-27(26)17-33)30(36)23-7-6-21-8-11-31-15-25(21)14-23/h1-8,11,14-15,24,26-28H,9-10,12-13,16-20H2,(H,32,35)/t24?,26?,27?,28-/m0/s1. The summed E-state index contributed by atoms with van der Waals surface area (Å²) in [6, 6.07) is 18.1. The van der Waals surface area contributed by atoms with Crippen molar-refractivity contribution >= 4 is 22.6 Å². The SMILES string of the molecule is O=C(N[C@@H](CCN1CC2CN(C(=O)c3ccc4ccncc4c3)CC2C1)c1ccccc1)C1CCOC1. The molecule has 0 saturated carbocycles. The van der Waals surface area contributed by atoms with Gasteiger partial charge in [-0.05, 0) is 53.8 Å². The summed E-state index contributed by atoms with van der Waals surface area (Å²) in [5, 5.41) is 5.40. The second kappa shape index (κ2) is 10.6. The van der Waals surface area contributed by atoms with Crippen LogP contribution in [0.2, 0.25) is 0 Å². The molecule has 3 unspecified atom stereocenters. The third-order valence-corrected chi connectivity index (χ3v) is 8.29. The summed E-state index contributed by atoms with van der Waals surface area (Å²) in [5.74, 6) is 1.19. The van der Waals surface area contributed by atoms with Crippen LogP contribution >= 0.6 is 0 Å². The monoisotopic (exact) mass is 498 g/mol. The van der Waals surface area contributed by atoms with Gasteiger partial charge in [0.2, 0.25) is 5.91 Å². The number of carbonyl (C=O) groups excluding carboxylic acids is 2. The Morgan fingerprint density at radius 1 is 1.00 bits per heavy atom. The van der Waals surface area contributed by atoms with Crippen molar-refractivity contribution in [2.45, 2.75) is 18.9 Å². The summed E-state index contributed by atoms with van der Waals surface area (Å²) in [6.45, 7) is 5.75. The van der Waals surface area contributed by atoms with E-state index in [2.05, 4.69) is 27.3 Å². The molecule has 7 nitrogen and oxygen atoms in total. The molecule has 4 heterocycles. The quantitative estimate of drug-likeness (QED) is 0.540. The van der Waals surface area contributed by atoms with Gasteiger partial charge in [0, 0.05) is 62.7 Å².